The monoisotopic (exact) mass is 633 g/mol. The first-order valence-electron chi connectivity index (χ1n) is 18.3. The Morgan fingerprint density at radius 2 is 0.896 bits per heavy atom. The van der Waals surface area contributed by atoms with Gasteiger partial charge in [-0.05, 0) is 140 Å². The molecule has 248 valence electrons. The Hall–Kier alpha value is -4.10. The van der Waals surface area contributed by atoms with Gasteiger partial charge in [0, 0.05) is 22.5 Å². The molecule has 1 heteroatoms. The molecule has 1 nitrogen and oxygen atoms in total. The van der Waals surface area contributed by atoms with Crippen LogP contribution in [0.25, 0.3) is 11.1 Å². The van der Waals surface area contributed by atoms with Gasteiger partial charge in [-0.15, -0.1) is 0 Å². The van der Waals surface area contributed by atoms with E-state index in [1.807, 2.05) is 0 Å². The fraction of sp³-hybridized carbons (Fsp3) is 0.362. The molecule has 5 aromatic carbocycles. The summed E-state index contributed by atoms with van der Waals surface area (Å²) in [5.74, 6) is 0. The zero-order valence-corrected chi connectivity index (χ0v) is 31.1. The molecule has 1 aliphatic rings. The number of benzene rings is 5. The number of anilines is 3. The standard InChI is InChI=1S/C47H55N/c1-11-45(8,12-2)35-16-20-38(21-17-35)48(39-22-18-36(19-23-39)46(9,13-3)14-4)40-24-26-42-41-25-15-32(5)30-43(41)47(10,44(42)31-40)37-28-33(6)27-34(7)29-37/h15-31H,11-14H2,1-10H3. The van der Waals surface area contributed by atoms with Crippen LogP contribution >= 0.6 is 0 Å². The molecule has 0 spiro atoms. The quantitative estimate of drug-likeness (QED) is 0.148. The smallest absolute Gasteiger partial charge is 0.0465 e. The van der Waals surface area contributed by atoms with E-state index in [9.17, 15) is 0 Å². The highest BCUT2D eigenvalue weighted by Crippen LogP contribution is 2.54. The maximum atomic E-state index is 2.48. The molecule has 0 saturated heterocycles. The number of hydrogen-bond acceptors (Lipinski definition) is 1. The molecular formula is C47H55N. The predicted molar refractivity (Wildman–Crippen MR) is 209 cm³/mol. The van der Waals surface area contributed by atoms with Crippen LogP contribution in [-0.2, 0) is 16.2 Å². The van der Waals surface area contributed by atoms with Gasteiger partial charge in [0.25, 0.3) is 0 Å². The molecule has 0 bridgehead atoms. The van der Waals surface area contributed by atoms with Gasteiger partial charge in [-0.25, -0.2) is 0 Å². The van der Waals surface area contributed by atoms with Gasteiger partial charge < -0.3 is 4.90 Å². The fourth-order valence-corrected chi connectivity index (χ4v) is 8.14. The normalized spacial score (nSPS) is 15.7. The Morgan fingerprint density at radius 3 is 1.35 bits per heavy atom. The predicted octanol–water partition coefficient (Wildman–Crippen LogP) is 13.6. The summed E-state index contributed by atoms with van der Waals surface area (Å²) in [6, 6.07) is 40.1. The molecular weight excluding hydrogens is 579 g/mol. The Balaban J connectivity index is 1.56. The molecule has 6 rings (SSSR count). The van der Waals surface area contributed by atoms with Gasteiger partial charge >= 0.3 is 0 Å². The Labute approximate surface area is 291 Å². The van der Waals surface area contributed by atoms with E-state index in [0.717, 1.165) is 25.7 Å². The lowest BCUT2D eigenvalue weighted by atomic mass is 9.73. The molecule has 5 aromatic rings. The van der Waals surface area contributed by atoms with E-state index in [0.29, 0.717) is 0 Å². The summed E-state index contributed by atoms with van der Waals surface area (Å²) in [7, 11) is 0. The molecule has 0 saturated carbocycles. The molecule has 48 heavy (non-hydrogen) atoms. The van der Waals surface area contributed by atoms with E-state index in [1.54, 1.807) is 0 Å². The SMILES string of the molecule is CCC(C)(CC)c1ccc(N(c2ccc(C(C)(CC)CC)cc2)c2ccc3c(c2)C(C)(c2cc(C)cc(C)c2)c2cc(C)ccc2-3)cc1. The van der Waals surface area contributed by atoms with E-state index in [1.165, 1.54) is 72.7 Å². The number of fused-ring (bicyclic) bond motifs is 3. The van der Waals surface area contributed by atoms with Gasteiger partial charge in [0.15, 0.2) is 0 Å². The lowest BCUT2D eigenvalue weighted by Crippen LogP contribution is -2.23. The molecule has 0 radical (unpaired) electrons. The van der Waals surface area contributed by atoms with E-state index >= 15 is 0 Å². The molecule has 0 amide bonds. The van der Waals surface area contributed by atoms with Crippen LogP contribution in [0.3, 0.4) is 0 Å². The first-order valence-corrected chi connectivity index (χ1v) is 18.3. The van der Waals surface area contributed by atoms with Crippen LogP contribution < -0.4 is 4.90 Å². The van der Waals surface area contributed by atoms with Crippen molar-refractivity contribution >= 4 is 17.1 Å². The number of rotatable bonds is 10. The lowest BCUT2D eigenvalue weighted by Gasteiger charge is -2.32. The maximum absolute atomic E-state index is 2.48. The second-order valence-electron chi connectivity index (χ2n) is 15.2. The second-order valence-corrected chi connectivity index (χ2v) is 15.2. The van der Waals surface area contributed by atoms with Crippen LogP contribution in [0.5, 0.6) is 0 Å². The highest BCUT2D eigenvalue weighted by atomic mass is 15.1. The van der Waals surface area contributed by atoms with Gasteiger partial charge in [0.2, 0.25) is 0 Å². The Kier molecular flexibility index (Phi) is 8.97. The Morgan fingerprint density at radius 1 is 0.479 bits per heavy atom. The third-order valence-corrected chi connectivity index (χ3v) is 12.4. The van der Waals surface area contributed by atoms with Crippen molar-refractivity contribution in [3.63, 3.8) is 0 Å². The summed E-state index contributed by atoms with van der Waals surface area (Å²) in [5.41, 5.74) is 17.2. The average molecular weight is 634 g/mol. The molecule has 1 aliphatic carbocycles. The summed E-state index contributed by atoms with van der Waals surface area (Å²) in [5, 5.41) is 0. The van der Waals surface area contributed by atoms with E-state index in [2.05, 4.69) is 177 Å². The van der Waals surface area contributed by atoms with Crippen molar-refractivity contribution < 1.29 is 0 Å². The molecule has 0 aliphatic heterocycles. The van der Waals surface area contributed by atoms with Gasteiger partial charge in [-0.3, -0.25) is 0 Å². The van der Waals surface area contributed by atoms with Crippen molar-refractivity contribution in [2.45, 2.75) is 111 Å². The summed E-state index contributed by atoms with van der Waals surface area (Å²) >= 11 is 0. The topological polar surface area (TPSA) is 3.24 Å². The second kappa shape index (κ2) is 12.7. The first-order chi connectivity index (χ1) is 22.9. The number of aryl methyl sites for hydroxylation is 3. The fourth-order valence-electron chi connectivity index (χ4n) is 8.14. The van der Waals surface area contributed by atoms with Crippen LogP contribution in [0, 0.1) is 20.8 Å². The minimum atomic E-state index is -0.267. The van der Waals surface area contributed by atoms with Crippen LogP contribution in [-0.4, -0.2) is 0 Å². The zero-order valence-electron chi connectivity index (χ0n) is 31.1. The van der Waals surface area contributed by atoms with Crippen molar-refractivity contribution in [1.82, 2.24) is 0 Å². The molecule has 1 atom stereocenters. The summed E-state index contributed by atoms with van der Waals surface area (Å²) in [6.45, 7) is 23.1. The van der Waals surface area contributed by atoms with Gasteiger partial charge in [0.05, 0.1) is 0 Å². The van der Waals surface area contributed by atoms with Crippen LogP contribution in [0.15, 0.2) is 103 Å². The third-order valence-electron chi connectivity index (χ3n) is 12.4. The number of hydrogen-bond donors (Lipinski definition) is 0. The van der Waals surface area contributed by atoms with E-state index < -0.39 is 0 Å². The first kappa shape index (κ1) is 33.8. The molecule has 0 aromatic heterocycles. The Bertz CT molecular complexity index is 1840. The largest absolute Gasteiger partial charge is 0.310 e. The minimum absolute atomic E-state index is 0.182. The third kappa shape index (κ3) is 5.60. The van der Waals surface area contributed by atoms with Crippen molar-refractivity contribution in [2.75, 3.05) is 4.90 Å². The zero-order chi connectivity index (χ0) is 34.4. The van der Waals surface area contributed by atoms with E-state index in [4.69, 9.17) is 0 Å². The van der Waals surface area contributed by atoms with Crippen molar-refractivity contribution in [3.05, 3.63) is 148 Å². The average Bonchev–Trinajstić information content (AvgIpc) is 3.35. The lowest BCUT2D eigenvalue weighted by molar-refractivity contribution is 0.439. The van der Waals surface area contributed by atoms with Gasteiger partial charge in [-0.1, -0.05) is 125 Å². The molecule has 0 fully saturated rings. The summed E-state index contributed by atoms with van der Waals surface area (Å²) < 4.78 is 0. The summed E-state index contributed by atoms with van der Waals surface area (Å²) in [6.07, 6.45) is 4.51. The van der Waals surface area contributed by atoms with Gasteiger partial charge in [-0.2, -0.15) is 0 Å². The highest BCUT2D eigenvalue weighted by molar-refractivity contribution is 5.87. The molecule has 0 N–H and O–H groups in total. The van der Waals surface area contributed by atoms with Crippen molar-refractivity contribution in [1.29, 1.82) is 0 Å². The van der Waals surface area contributed by atoms with Crippen LogP contribution in [0.2, 0.25) is 0 Å². The molecule has 0 heterocycles. The van der Waals surface area contributed by atoms with Crippen molar-refractivity contribution in [3.8, 4) is 11.1 Å². The maximum Gasteiger partial charge on any atom is 0.0465 e. The van der Waals surface area contributed by atoms with Crippen LogP contribution in [0.4, 0.5) is 17.1 Å². The summed E-state index contributed by atoms with van der Waals surface area (Å²) in [4.78, 5) is 2.47. The van der Waals surface area contributed by atoms with Gasteiger partial charge in [0.1, 0.15) is 0 Å². The number of nitrogens with zero attached hydrogens (tertiary/aromatic N) is 1. The van der Waals surface area contributed by atoms with Crippen molar-refractivity contribution in [2.24, 2.45) is 0 Å². The van der Waals surface area contributed by atoms with E-state index in [-0.39, 0.29) is 16.2 Å². The minimum Gasteiger partial charge on any atom is -0.310 e. The highest BCUT2D eigenvalue weighted by Gasteiger charge is 2.41. The molecule has 1 unspecified atom stereocenters. The van der Waals surface area contributed by atoms with Crippen LogP contribution in [0.1, 0.15) is 119 Å².